The summed E-state index contributed by atoms with van der Waals surface area (Å²) in [6, 6.07) is 11.2. The van der Waals surface area contributed by atoms with Crippen LogP contribution in [0.4, 0.5) is 24.8 Å². The standard InChI is InChI=1S/C30H32F3N7O3/c1-18-25(27(41)43-3)26(24-8-7-19(17-34)15-20(24)11-14-38(2)22-9-12-35-13-10-22)40-28(36-37-29(40)42)39(18)23-6-4-5-21(16-23)30(31,32)33/h4-8,15-16,22,26,35H,9-14H2,1-3H3,(H,37,42)/t26-/m1/s1. The number of rotatable bonds is 7. The summed E-state index contributed by atoms with van der Waals surface area (Å²) >= 11 is 0. The van der Waals surface area contributed by atoms with E-state index in [0.29, 0.717) is 30.1 Å². The van der Waals surface area contributed by atoms with Crippen molar-refractivity contribution in [3.8, 4) is 6.07 Å². The summed E-state index contributed by atoms with van der Waals surface area (Å²) < 4.78 is 47.3. The third-order valence-corrected chi connectivity index (χ3v) is 8.21. The lowest BCUT2D eigenvalue weighted by atomic mass is 9.89. The van der Waals surface area contributed by atoms with Gasteiger partial charge in [-0.1, -0.05) is 12.1 Å². The van der Waals surface area contributed by atoms with Gasteiger partial charge in [0, 0.05) is 24.0 Å². The van der Waals surface area contributed by atoms with Crippen molar-refractivity contribution in [1.82, 2.24) is 25.0 Å². The van der Waals surface area contributed by atoms with E-state index >= 15 is 0 Å². The Balaban J connectivity index is 1.65. The lowest BCUT2D eigenvalue weighted by molar-refractivity contribution is -0.138. The predicted molar refractivity (Wildman–Crippen MR) is 153 cm³/mol. The lowest BCUT2D eigenvalue weighted by Crippen LogP contribution is -2.42. The van der Waals surface area contributed by atoms with Gasteiger partial charge in [0.1, 0.15) is 6.04 Å². The molecule has 0 bridgehead atoms. The molecule has 0 aliphatic carbocycles. The molecule has 1 aromatic heterocycles. The van der Waals surface area contributed by atoms with Crippen LogP contribution in [-0.2, 0) is 22.1 Å². The summed E-state index contributed by atoms with van der Waals surface area (Å²) in [7, 11) is 3.26. The molecule has 3 aromatic rings. The van der Waals surface area contributed by atoms with Gasteiger partial charge in [-0.25, -0.2) is 19.3 Å². The summed E-state index contributed by atoms with van der Waals surface area (Å²) in [6.45, 7) is 4.12. The molecule has 0 unspecified atom stereocenters. The van der Waals surface area contributed by atoms with Gasteiger partial charge in [0.15, 0.2) is 0 Å². The van der Waals surface area contributed by atoms with E-state index in [4.69, 9.17) is 4.74 Å². The predicted octanol–water partition coefficient (Wildman–Crippen LogP) is 3.88. The molecular formula is C30H32F3N7O3. The number of hydrogen-bond acceptors (Lipinski definition) is 8. The number of nitriles is 1. The monoisotopic (exact) mass is 595 g/mol. The first kappa shape index (κ1) is 30.1. The Morgan fingerprint density at radius 1 is 1.21 bits per heavy atom. The van der Waals surface area contributed by atoms with E-state index < -0.39 is 29.4 Å². The van der Waals surface area contributed by atoms with Crippen LogP contribution in [0.2, 0.25) is 0 Å². The number of esters is 1. The van der Waals surface area contributed by atoms with E-state index in [0.717, 1.165) is 43.6 Å². The van der Waals surface area contributed by atoms with E-state index in [9.17, 15) is 28.0 Å². The summed E-state index contributed by atoms with van der Waals surface area (Å²) in [6.07, 6.45) is -2.06. The van der Waals surface area contributed by atoms with Crippen LogP contribution in [0.5, 0.6) is 0 Å². The maximum atomic E-state index is 13.6. The van der Waals surface area contributed by atoms with Crippen molar-refractivity contribution in [2.45, 2.75) is 44.4 Å². The first-order valence-corrected chi connectivity index (χ1v) is 13.9. The van der Waals surface area contributed by atoms with Crippen molar-refractivity contribution >= 4 is 17.6 Å². The number of piperidine rings is 1. The lowest BCUT2D eigenvalue weighted by Gasteiger charge is -2.36. The minimum Gasteiger partial charge on any atom is -0.466 e. The number of carbonyl (C=O) groups excluding carboxylic acids is 1. The van der Waals surface area contributed by atoms with Crippen LogP contribution >= 0.6 is 0 Å². The molecule has 0 radical (unpaired) electrons. The minimum atomic E-state index is -4.61. The van der Waals surface area contributed by atoms with E-state index in [1.54, 1.807) is 25.1 Å². The average molecular weight is 596 g/mol. The zero-order chi connectivity index (χ0) is 30.9. The van der Waals surface area contributed by atoms with Crippen molar-refractivity contribution < 1.29 is 22.7 Å². The summed E-state index contributed by atoms with van der Waals surface area (Å²) in [5.41, 5.74) is 0.597. The molecule has 0 saturated carbocycles. The van der Waals surface area contributed by atoms with Crippen LogP contribution in [-0.4, -0.2) is 65.5 Å². The molecule has 2 aliphatic rings. The van der Waals surface area contributed by atoms with Crippen molar-refractivity contribution in [3.05, 3.63) is 86.5 Å². The fourth-order valence-corrected chi connectivity index (χ4v) is 5.96. The maximum absolute atomic E-state index is 13.6. The number of alkyl halides is 3. The van der Waals surface area contributed by atoms with E-state index in [1.165, 1.54) is 28.7 Å². The molecule has 1 fully saturated rings. The van der Waals surface area contributed by atoms with Gasteiger partial charge in [-0.2, -0.15) is 18.4 Å². The van der Waals surface area contributed by atoms with Crippen LogP contribution in [0, 0.1) is 11.3 Å². The number of fused-ring (bicyclic) bond motifs is 1. The van der Waals surface area contributed by atoms with Gasteiger partial charge in [0.2, 0.25) is 5.95 Å². The van der Waals surface area contributed by atoms with Crippen molar-refractivity contribution in [2.24, 2.45) is 0 Å². The van der Waals surface area contributed by atoms with Crippen LogP contribution in [0.15, 0.2) is 58.5 Å². The molecule has 43 heavy (non-hydrogen) atoms. The normalized spacial score (nSPS) is 17.6. The molecule has 1 atom stereocenters. The number of carbonyl (C=O) groups is 1. The van der Waals surface area contributed by atoms with Gasteiger partial charge in [-0.3, -0.25) is 4.90 Å². The molecule has 13 heteroatoms. The summed E-state index contributed by atoms with van der Waals surface area (Å²) in [5, 5.41) is 19.6. The van der Waals surface area contributed by atoms with Crippen LogP contribution in [0.25, 0.3) is 0 Å². The Hall–Kier alpha value is -4.41. The molecule has 2 aliphatic heterocycles. The van der Waals surface area contributed by atoms with Gasteiger partial charge in [-0.05, 0) is 87.8 Å². The number of nitrogens with zero attached hydrogens (tertiary/aromatic N) is 5. The van der Waals surface area contributed by atoms with Crippen LogP contribution in [0.3, 0.4) is 0 Å². The number of nitrogens with one attached hydrogen (secondary N) is 2. The fraction of sp³-hybridized carbons (Fsp3) is 0.400. The van der Waals surface area contributed by atoms with E-state index in [2.05, 4.69) is 33.5 Å². The number of benzene rings is 2. The summed E-state index contributed by atoms with van der Waals surface area (Å²) in [5.74, 6) is -0.734. The number of hydrogen-bond donors (Lipinski definition) is 2. The number of anilines is 2. The Bertz CT molecular complexity index is 1650. The number of H-pyrrole nitrogens is 1. The Morgan fingerprint density at radius 2 is 1.95 bits per heavy atom. The third-order valence-electron chi connectivity index (χ3n) is 8.21. The molecule has 10 nitrogen and oxygen atoms in total. The number of likely N-dealkylation sites (N-methyl/N-ethyl adjacent to an activating group) is 1. The molecule has 0 spiro atoms. The highest BCUT2D eigenvalue weighted by atomic mass is 19.4. The molecule has 0 amide bonds. The van der Waals surface area contributed by atoms with Crippen molar-refractivity contribution in [2.75, 3.05) is 38.7 Å². The molecule has 1 saturated heterocycles. The number of aromatic amines is 1. The highest BCUT2D eigenvalue weighted by Crippen LogP contribution is 2.43. The third kappa shape index (κ3) is 5.80. The highest BCUT2D eigenvalue weighted by Gasteiger charge is 2.41. The van der Waals surface area contributed by atoms with Crippen LogP contribution < -0.4 is 15.9 Å². The number of allylic oxidation sites excluding steroid dienone is 1. The van der Waals surface area contributed by atoms with E-state index in [-0.39, 0.29) is 22.9 Å². The highest BCUT2D eigenvalue weighted by molar-refractivity contribution is 5.93. The van der Waals surface area contributed by atoms with Crippen molar-refractivity contribution in [1.29, 1.82) is 5.26 Å². The van der Waals surface area contributed by atoms with Gasteiger partial charge < -0.3 is 15.0 Å². The topological polar surface area (TPSA) is 119 Å². The second-order valence-corrected chi connectivity index (χ2v) is 10.7. The van der Waals surface area contributed by atoms with Gasteiger partial charge in [0.25, 0.3) is 0 Å². The SMILES string of the molecule is COC(=O)C1=C(C)N(c2cccc(C(F)(F)F)c2)c2n[nH]c(=O)n2[C@@H]1c1ccc(C#N)cc1CCN(C)C1CCNCC1. The number of ether oxygens (including phenoxy) is 1. The number of halogens is 3. The van der Waals surface area contributed by atoms with Crippen molar-refractivity contribution in [3.63, 3.8) is 0 Å². The van der Waals surface area contributed by atoms with Gasteiger partial charge in [0.05, 0.1) is 29.9 Å². The average Bonchev–Trinajstić information content (AvgIpc) is 3.39. The Kier molecular flexibility index (Phi) is 8.43. The molecule has 2 aromatic carbocycles. The minimum absolute atomic E-state index is 0.0154. The zero-order valence-corrected chi connectivity index (χ0v) is 24.0. The molecule has 5 rings (SSSR count). The van der Waals surface area contributed by atoms with Crippen LogP contribution in [0.1, 0.15) is 48.1 Å². The smallest absolute Gasteiger partial charge is 0.416 e. The molecule has 3 heterocycles. The summed E-state index contributed by atoms with van der Waals surface area (Å²) in [4.78, 5) is 30.3. The first-order chi connectivity index (χ1) is 20.5. The zero-order valence-electron chi connectivity index (χ0n) is 24.0. The first-order valence-electron chi connectivity index (χ1n) is 13.9. The fourth-order valence-electron chi connectivity index (χ4n) is 5.96. The maximum Gasteiger partial charge on any atom is 0.416 e. The number of methoxy groups -OCH3 is 1. The second kappa shape index (κ2) is 12.1. The van der Waals surface area contributed by atoms with Gasteiger partial charge >= 0.3 is 17.8 Å². The second-order valence-electron chi connectivity index (χ2n) is 10.7. The molecular weight excluding hydrogens is 563 g/mol. The molecule has 2 N–H and O–H groups in total. The Labute approximate surface area is 246 Å². The number of aromatic nitrogens is 3. The largest absolute Gasteiger partial charge is 0.466 e. The Morgan fingerprint density at radius 3 is 2.63 bits per heavy atom. The van der Waals surface area contributed by atoms with E-state index in [1.807, 2.05) is 0 Å². The van der Waals surface area contributed by atoms with Gasteiger partial charge in [-0.15, -0.1) is 5.10 Å². The molecule has 226 valence electrons. The quantitative estimate of drug-likeness (QED) is 0.395.